The number of carbonyl (C=O) groups excluding carboxylic acids is 2. The van der Waals surface area contributed by atoms with E-state index in [9.17, 15) is 14.7 Å². The summed E-state index contributed by atoms with van der Waals surface area (Å²) in [5.41, 5.74) is 3.25. The van der Waals surface area contributed by atoms with E-state index in [0.717, 1.165) is 42.8 Å². The second-order valence-corrected chi connectivity index (χ2v) is 10.3. The number of methoxy groups -OCH3 is 1. The molecule has 38 heavy (non-hydrogen) atoms. The maximum Gasteiger partial charge on any atom is 0.220 e. The van der Waals surface area contributed by atoms with Gasteiger partial charge in [0.25, 0.3) is 0 Å². The number of amides is 1. The number of fused-ring (bicyclic) bond motifs is 1. The SMILES string of the molecule is COc1c(C)cc(C(=O)CCCCC(=O)N[C@H](CN2CCCC2)[C@H](O)c2ccc3c(c2)OCCO3)cc1C. The van der Waals surface area contributed by atoms with Gasteiger partial charge in [0.15, 0.2) is 17.3 Å². The molecule has 2 N–H and O–H groups in total. The Morgan fingerprint density at radius 3 is 2.34 bits per heavy atom. The van der Waals surface area contributed by atoms with E-state index in [1.807, 2.05) is 38.1 Å². The monoisotopic (exact) mass is 524 g/mol. The molecule has 1 amide bonds. The number of aryl methyl sites for hydroxylation is 2. The van der Waals surface area contributed by atoms with Gasteiger partial charge in [0.1, 0.15) is 25.1 Å². The summed E-state index contributed by atoms with van der Waals surface area (Å²) < 4.78 is 16.7. The Kier molecular flexibility index (Phi) is 9.63. The van der Waals surface area contributed by atoms with Crippen LogP contribution in [0.4, 0.5) is 0 Å². The van der Waals surface area contributed by atoms with E-state index in [4.69, 9.17) is 14.2 Å². The van der Waals surface area contributed by atoms with Crippen LogP contribution in [-0.2, 0) is 4.79 Å². The number of unbranched alkanes of at least 4 members (excludes halogenated alkanes) is 1. The number of benzene rings is 2. The Morgan fingerprint density at radius 2 is 1.66 bits per heavy atom. The first-order valence-corrected chi connectivity index (χ1v) is 13.6. The number of nitrogens with zero attached hydrogens (tertiary/aromatic N) is 1. The van der Waals surface area contributed by atoms with E-state index in [-0.39, 0.29) is 11.7 Å². The molecule has 2 atom stereocenters. The molecular weight excluding hydrogens is 484 g/mol. The first kappa shape index (κ1) is 27.9. The van der Waals surface area contributed by atoms with Crippen molar-refractivity contribution in [3.8, 4) is 17.2 Å². The van der Waals surface area contributed by atoms with Crippen LogP contribution >= 0.6 is 0 Å². The molecule has 2 aromatic rings. The van der Waals surface area contributed by atoms with Crippen molar-refractivity contribution in [2.24, 2.45) is 0 Å². The Labute approximate surface area is 225 Å². The Hall–Kier alpha value is -3.10. The number of Topliss-reactive ketones (excluding diaryl/α,β-unsaturated/α-hetero) is 1. The molecule has 0 radical (unpaired) electrons. The number of nitrogens with one attached hydrogen (secondary N) is 1. The van der Waals surface area contributed by atoms with E-state index < -0.39 is 12.1 Å². The van der Waals surface area contributed by atoms with Crippen LogP contribution in [0.3, 0.4) is 0 Å². The van der Waals surface area contributed by atoms with Gasteiger partial charge in [-0.3, -0.25) is 9.59 Å². The molecule has 2 aliphatic rings. The van der Waals surface area contributed by atoms with Gasteiger partial charge < -0.3 is 29.5 Å². The lowest BCUT2D eigenvalue weighted by Gasteiger charge is -2.29. The number of hydrogen-bond acceptors (Lipinski definition) is 7. The van der Waals surface area contributed by atoms with E-state index in [0.29, 0.717) is 68.1 Å². The number of likely N-dealkylation sites (tertiary alicyclic amines) is 1. The highest BCUT2D eigenvalue weighted by atomic mass is 16.6. The van der Waals surface area contributed by atoms with Crippen LogP contribution in [0, 0.1) is 13.8 Å². The number of aliphatic hydroxyl groups excluding tert-OH is 1. The summed E-state index contributed by atoms with van der Waals surface area (Å²) >= 11 is 0. The number of hydrogen-bond donors (Lipinski definition) is 2. The first-order valence-electron chi connectivity index (χ1n) is 13.6. The molecule has 206 valence electrons. The molecule has 2 aliphatic heterocycles. The minimum absolute atomic E-state index is 0.0696. The van der Waals surface area contributed by atoms with E-state index >= 15 is 0 Å². The minimum atomic E-state index is -0.876. The number of carbonyl (C=O) groups is 2. The second-order valence-electron chi connectivity index (χ2n) is 10.3. The Balaban J connectivity index is 1.31. The van der Waals surface area contributed by atoms with Gasteiger partial charge in [0, 0.05) is 24.9 Å². The molecule has 0 bridgehead atoms. The maximum atomic E-state index is 12.9. The Bertz CT molecular complexity index is 1100. The lowest BCUT2D eigenvalue weighted by molar-refractivity contribution is -0.123. The molecular formula is C30H40N2O6. The van der Waals surface area contributed by atoms with Gasteiger partial charge in [-0.1, -0.05) is 6.07 Å². The molecule has 8 nitrogen and oxygen atoms in total. The van der Waals surface area contributed by atoms with Crippen molar-refractivity contribution in [1.29, 1.82) is 0 Å². The zero-order chi connectivity index (χ0) is 27.1. The zero-order valence-corrected chi connectivity index (χ0v) is 22.8. The fourth-order valence-electron chi connectivity index (χ4n) is 5.37. The largest absolute Gasteiger partial charge is 0.496 e. The van der Waals surface area contributed by atoms with E-state index in [1.165, 1.54) is 0 Å². The van der Waals surface area contributed by atoms with Gasteiger partial charge >= 0.3 is 0 Å². The molecule has 0 aliphatic carbocycles. The summed E-state index contributed by atoms with van der Waals surface area (Å²) in [5, 5.41) is 14.3. The van der Waals surface area contributed by atoms with Crippen LogP contribution in [0.1, 0.15) is 71.7 Å². The highest BCUT2D eigenvalue weighted by molar-refractivity contribution is 5.96. The minimum Gasteiger partial charge on any atom is -0.496 e. The normalized spacial score (nSPS) is 16.6. The summed E-state index contributed by atoms with van der Waals surface area (Å²) in [7, 11) is 1.63. The van der Waals surface area contributed by atoms with Crippen molar-refractivity contribution >= 4 is 11.7 Å². The predicted molar refractivity (Wildman–Crippen MR) is 145 cm³/mol. The fraction of sp³-hybridized carbons (Fsp3) is 0.533. The van der Waals surface area contributed by atoms with Crippen LogP contribution in [0.15, 0.2) is 30.3 Å². The molecule has 2 aromatic carbocycles. The van der Waals surface area contributed by atoms with Crippen molar-refractivity contribution < 1.29 is 28.9 Å². The lowest BCUT2D eigenvalue weighted by Crippen LogP contribution is -2.46. The topological polar surface area (TPSA) is 97.3 Å². The van der Waals surface area contributed by atoms with Gasteiger partial charge in [-0.15, -0.1) is 0 Å². The van der Waals surface area contributed by atoms with Crippen molar-refractivity contribution in [1.82, 2.24) is 10.2 Å². The van der Waals surface area contributed by atoms with Gasteiger partial charge in [-0.2, -0.15) is 0 Å². The van der Waals surface area contributed by atoms with Crippen LogP contribution in [0.2, 0.25) is 0 Å². The third-order valence-corrected chi connectivity index (χ3v) is 7.33. The average molecular weight is 525 g/mol. The summed E-state index contributed by atoms with van der Waals surface area (Å²) in [6.07, 6.45) is 3.29. The summed E-state index contributed by atoms with van der Waals surface area (Å²) in [4.78, 5) is 27.9. The molecule has 8 heteroatoms. The Morgan fingerprint density at radius 1 is 1.00 bits per heavy atom. The van der Waals surface area contributed by atoms with Crippen LogP contribution in [0.25, 0.3) is 0 Å². The number of ether oxygens (including phenoxy) is 3. The van der Waals surface area contributed by atoms with E-state index in [2.05, 4.69) is 10.2 Å². The molecule has 2 heterocycles. The van der Waals surface area contributed by atoms with E-state index in [1.54, 1.807) is 13.2 Å². The highest BCUT2D eigenvalue weighted by Crippen LogP contribution is 2.33. The lowest BCUT2D eigenvalue weighted by atomic mass is 9.99. The maximum absolute atomic E-state index is 12.9. The predicted octanol–water partition coefficient (Wildman–Crippen LogP) is 4.14. The number of aliphatic hydroxyl groups is 1. The molecule has 0 spiro atoms. The molecule has 0 saturated carbocycles. The van der Waals surface area contributed by atoms with Crippen molar-refractivity contribution in [3.63, 3.8) is 0 Å². The molecule has 4 rings (SSSR count). The third-order valence-electron chi connectivity index (χ3n) is 7.33. The van der Waals surface area contributed by atoms with Gasteiger partial charge in [0.2, 0.25) is 5.91 Å². The highest BCUT2D eigenvalue weighted by Gasteiger charge is 2.28. The van der Waals surface area contributed by atoms with Gasteiger partial charge in [0.05, 0.1) is 13.2 Å². The van der Waals surface area contributed by atoms with Crippen molar-refractivity contribution in [2.45, 2.75) is 64.5 Å². The molecule has 0 aromatic heterocycles. The van der Waals surface area contributed by atoms with Crippen LogP contribution < -0.4 is 19.5 Å². The van der Waals surface area contributed by atoms with Crippen LogP contribution in [0.5, 0.6) is 17.2 Å². The quantitative estimate of drug-likeness (QED) is 0.318. The smallest absolute Gasteiger partial charge is 0.220 e. The number of rotatable bonds is 12. The summed E-state index contributed by atoms with van der Waals surface area (Å²) in [5.74, 6) is 2.04. The molecule has 0 unspecified atom stereocenters. The summed E-state index contributed by atoms with van der Waals surface area (Å²) in [6.45, 7) is 7.36. The van der Waals surface area contributed by atoms with Crippen LogP contribution in [-0.4, -0.2) is 67.7 Å². The second kappa shape index (κ2) is 13.1. The van der Waals surface area contributed by atoms with Gasteiger partial charge in [-0.05, 0) is 93.6 Å². The average Bonchev–Trinajstić information content (AvgIpc) is 3.43. The standard InChI is InChI=1S/C30H40N2O6/c1-20-16-23(17-21(2)30(20)36-3)25(33)8-4-5-9-28(34)31-24(19-32-12-6-7-13-32)29(35)22-10-11-26-27(18-22)38-15-14-37-26/h10-11,16-18,24,29,35H,4-9,12-15,19H2,1-3H3,(H,31,34)/t24-,29-/m1/s1. The fourth-order valence-corrected chi connectivity index (χ4v) is 5.37. The first-order chi connectivity index (χ1) is 18.4. The number of ketones is 1. The van der Waals surface area contributed by atoms with Crippen molar-refractivity contribution in [2.75, 3.05) is 40.0 Å². The van der Waals surface area contributed by atoms with Gasteiger partial charge in [-0.25, -0.2) is 0 Å². The summed E-state index contributed by atoms with van der Waals surface area (Å²) in [6, 6.07) is 8.72. The third kappa shape index (κ3) is 7.05. The zero-order valence-electron chi connectivity index (χ0n) is 22.8. The van der Waals surface area contributed by atoms with Crippen molar-refractivity contribution in [3.05, 3.63) is 52.6 Å². The molecule has 1 fully saturated rings. The molecule has 1 saturated heterocycles.